The molecule has 0 bridgehead atoms. The van der Waals surface area contributed by atoms with Crippen molar-refractivity contribution >= 4 is 17.7 Å². The highest BCUT2D eigenvalue weighted by Crippen LogP contribution is 2.16. The van der Waals surface area contributed by atoms with Gasteiger partial charge in [0, 0.05) is 0 Å². The van der Waals surface area contributed by atoms with E-state index in [0.29, 0.717) is 0 Å². The Labute approximate surface area is 104 Å². The van der Waals surface area contributed by atoms with Gasteiger partial charge < -0.3 is 5.11 Å². The van der Waals surface area contributed by atoms with Crippen LogP contribution in [0.4, 0.5) is 0 Å². The maximum absolute atomic E-state index is 10.7. The van der Waals surface area contributed by atoms with Gasteiger partial charge >= 0.3 is 5.97 Å². The average molecular weight is 246 g/mol. The van der Waals surface area contributed by atoms with E-state index >= 15 is 0 Å². The third-order valence-electron chi connectivity index (χ3n) is 2.88. The molecule has 0 fully saturated rings. The van der Waals surface area contributed by atoms with Crippen molar-refractivity contribution in [1.82, 2.24) is 0 Å². The van der Waals surface area contributed by atoms with Crippen molar-refractivity contribution in [3.05, 3.63) is 0 Å². The van der Waals surface area contributed by atoms with Gasteiger partial charge in [-0.05, 0) is 12.7 Å². The lowest BCUT2D eigenvalue weighted by Gasteiger charge is -2.08. The number of hydrogen-bond donors (Lipinski definition) is 1. The quantitative estimate of drug-likeness (QED) is 0.551. The molecular weight excluding hydrogens is 220 g/mol. The van der Waals surface area contributed by atoms with Crippen molar-refractivity contribution in [3.8, 4) is 0 Å². The lowest BCUT2D eigenvalue weighted by Crippen LogP contribution is -2.15. The molecule has 0 aliphatic carbocycles. The molecule has 1 atom stereocenters. The van der Waals surface area contributed by atoms with Crippen LogP contribution >= 0.6 is 11.8 Å². The zero-order chi connectivity index (χ0) is 12.2. The molecular formula is C13H26O2S. The van der Waals surface area contributed by atoms with Gasteiger partial charge in [-0.2, -0.15) is 11.8 Å². The summed E-state index contributed by atoms with van der Waals surface area (Å²) in [7, 11) is 0. The second kappa shape index (κ2) is 11.3. The van der Waals surface area contributed by atoms with Gasteiger partial charge in [0.25, 0.3) is 0 Å². The zero-order valence-corrected chi connectivity index (χ0v) is 11.5. The summed E-state index contributed by atoms with van der Waals surface area (Å²) in [4.78, 5) is 10.7. The Hall–Kier alpha value is -0.180. The molecule has 0 radical (unpaired) electrons. The number of carboxylic acids is 1. The van der Waals surface area contributed by atoms with Crippen molar-refractivity contribution in [2.45, 2.75) is 70.0 Å². The van der Waals surface area contributed by atoms with Crippen LogP contribution in [-0.2, 0) is 4.79 Å². The number of thioether (sulfide) groups is 1. The fourth-order valence-electron chi connectivity index (χ4n) is 1.81. The van der Waals surface area contributed by atoms with E-state index < -0.39 is 5.97 Å². The average Bonchev–Trinajstić information content (AvgIpc) is 2.26. The van der Waals surface area contributed by atoms with Gasteiger partial charge in [0.1, 0.15) is 5.25 Å². The van der Waals surface area contributed by atoms with E-state index in [4.69, 9.17) is 5.11 Å². The molecule has 0 heterocycles. The standard InChI is InChI=1S/C13H26O2S/c1-3-4-5-6-7-8-9-10-11-12(16-2)13(14)15/h12H,3-11H2,1-2H3,(H,14,15). The first-order valence-corrected chi connectivity index (χ1v) is 7.76. The van der Waals surface area contributed by atoms with Crippen LogP contribution < -0.4 is 0 Å². The van der Waals surface area contributed by atoms with E-state index in [-0.39, 0.29) is 5.25 Å². The smallest absolute Gasteiger partial charge is 0.316 e. The van der Waals surface area contributed by atoms with E-state index in [1.807, 2.05) is 6.26 Å². The third kappa shape index (κ3) is 9.08. The third-order valence-corrected chi connectivity index (χ3v) is 3.89. The van der Waals surface area contributed by atoms with Crippen LogP contribution in [0.2, 0.25) is 0 Å². The number of carboxylic acid groups (broad SMARTS) is 1. The molecule has 0 spiro atoms. The molecule has 0 aliphatic rings. The van der Waals surface area contributed by atoms with Crippen molar-refractivity contribution in [2.75, 3.05) is 6.26 Å². The fourth-order valence-corrected chi connectivity index (χ4v) is 2.41. The summed E-state index contributed by atoms with van der Waals surface area (Å²) < 4.78 is 0. The Morgan fingerprint density at radius 1 is 1.06 bits per heavy atom. The van der Waals surface area contributed by atoms with Crippen LogP contribution in [0.25, 0.3) is 0 Å². The van der Waals surface area contributed by atoms with Crippen LogP contribution in [0, 0.1) is 0 Å². The molecule has 0 aliphatic heterocycles. The first-order valence-electron chi connectivity index (χ1n) is 6.48. The molecule has 0 rings (SSSR count). The highest BCUT2D eigenvalue weighted by atomic mass is 32.2. The van der Waals surface area contributed by atoms with Crippen LogP contribution in [0.3, 0.4) is 0 Å². The Morgan fingerprint density at radius 2 is 1.56 bits per heavy atom. The van der Waals surface area contributed by atoms with Gasteiger partial charge in [0.05, 0.1) is 0 Å². The van der Waals surface area contributed by atoms with Gasteiger partial charge in [-0.3, -0.25) is 4.79 Å². The van der Waals surface area contributed by atoms with Gasteiger partial charge in [0.15, 0.2) is 0 Å². The van der Waals surface area contributed by atoms with Crippen LogP contribution in [0.15, 0.2) is 0 Å². The van der Waals surface area contributed by atoms with Crippen molar-refractivity contribution in [2.24, 2.45) is 0 Å². The number of carbonyl (C=O) groups is 1. The molecule has 1 unspecified atom stereocenters. The summed E-state index contributed by atoms with van der Waals surface area (Å²) in [6.07, 6.45) is 12.9. The van der Waals surface area contributed by atoms with E-state index in [1.54, 1.807) is 0 Å². The minimum absolute atomic E-state index is 0.194. The molecule has 0 aromatic carbocycles. The first kappa shape index (κ1) is 15.8. The number of unbranched alkanes of at least 4 members (excludes halogenated alkanes) is 7. The van der Waals surface area contributed by atoms with Gasteiger partial charge in [-0.25, -0.2) is 0 Å². The lowest BCUT2D eigenvalue weighted by atomic mass is 10.1. The Morgan fingerprint density at radius 3 is 2.00 bits per heavy atom. The summed E-state index contributed by atoms with van der Waals surface area (Å²) >= 11 is 1.45. The van der Waals surface area contributed by atoms with Crippen molar-refractivity contribution in [3.63, 3.8) is 0 Å². The predicted molar refractivity (Wildman–Crippen MR) is 72.2 cm³/mol. The van der Waals surface area contributed by atoms with Gasteiger partial charge in [-0.15, -0.1) is 0 Å². The molecule has 0 aromatic heterocycles. The Balaban J connectivity index is 3.22. The van der Waals surface area contributed by atoms with Gasteiger partial charge in [-0.1, -0.05) is 58.3 Å². The molecule has 0 aromatic rings. The molecule has 0 saturated carbocycles. The molecule has 0 amide bonds. The lowest BCUT2D eigenvalue weighted by molar-refractivity contribution is -0.136. The maximum atomic E-state index is 10.7. The normalized spacial score (nSPS) is 12.6. The molecule has 2 nitrogen and oxygen atoms in total. The van der Waals surface area contributed by atoms with Crippen LogP contribution in [-0.4, -0.2) is 22.6 Å². The van der Waals surface area contributed by atoms with Crippen molar-refractivity contribution in [1.29, 1.82) is 0 Å². The number of hydrogen-bond acceptors (Lipinski definition) is 2. The summed E-state index contributed by atoms with van der Waals surface area (Å²) in [6.45, 7) is 2.23. The van der Waals surface area contributed by atoms with E-state index in [0.717, 1.165) is 12.8 Å². The summed E-state index contributed by atoms with van der Waals surface area (Å²) in [6, 6.07) is 0. The topological polar surface area (TPSA) is 37.3 Å². The SMILES string of the molecule is CCCCCCCCCCC(SC)C(=O)O. The Bertz CT molecular complexity index is 171. The highest BCUT2D eigenvalue weighted by Gasteiger charge is 2.14. The van der Waals surface area contributed by atoms with Gasteiger partial charge in [0.2, 0.25) is 0 Å². The monoisotopic (exact) mass is 246 g/mol. The molecule has 1 N–H and O–H groups in total. The summed E-state index contributed by atoms with van der Waals surface area (Å²) in [5.74, 6) is -0.657. The molecule has 0 saturated heterocycles. The number of rotatable bonds is 11. The molecule has 96 valence electrons. The summed E-state index contributed by atoms with van der Waals surface area (Å²) in [5.41, 5.74) is 0. The van der Waals surface area contributed by atoms with E-state index in [1.165, 1.54) is 56.7 Å². The maximum Gasteiger partial charge on any atom is 0.316 e. The fraction of sp³-hybridized carbons (Fsp3) is 0.923. The summed E-state index contributed by atoms with van der Waals surface area (Å²) in [5, 5.41) is 8.66. The second-order valence-electron chi connectivity index (χ2n) is 4.33. The second-order valence-corrected chi connectivity index (χ2v) is 5.37. The van der Waals surface area contributed by atoms with Crippen LogP contribution in [0.1, 0.15) is 64.7 Å². The predicted octanol–water partition coefficient (Wildman–Crippen LogP) is 4.33. The highest BCUT2D eigenvalue weighted by molar-refractivity contribution is 7.99. The zero-order valence-electron chi connectivity index (χ0n) is 10.7. The molecule has 16 heavy (non-hydrogen) atoms. The largest absolute Gasteiger partial charge is 0.480 e. The first-order chi connectivity index (χ1) is 7.72. The minimum Gasteiger partial charge on any atom is -0.480 e. The van der Waals surface area contributed by atoms with Crippen molar-refractivity contribution < 1.29 is 9.90 Å². The van der Waals surface area contributed by atoms with E-state index in [2.05, 4.69) is 6.92 Å². The minimum atomic E-state index is -0.657. The van der Waals surface area contributed by atoms with E-state index in [9.17, 15) is 4.79 Å². The van der Waals surface area contributed by atoms with Crippen LogP contribution in [0.5, 0.6) is 0 Å². The molecule has 3 heteroatoms. The Kier molecular flexibility index (Phi) is 11.2. The number of aliphatic carboxylic acids is 1.